The zero-order valence-corrected chi connectivity index (χ0v) is 16.8. The number of halogens is 1. The van der Waals surface area contributed by atoms with Gasteiger partial charge in [0.25, 0.3) is 11.4 Å². The summed E-state index contributed by atoms with van der Waals surface area (Å²) < 4.78 is 10.6. The summed E-state index contributed by atoms with van der Waals surface area (Å²) in [5.41, 5.74) is 0.0921. The van der Waals surface area contributed by atoms with E-state index >= 15 is 0 Å². The monoisotopic (exact) mass is 425 g/mol. The van der Waals surface area contributed by atoms with E-state index in [9.17, 15) is 20.2 Å². The van der Waals surface area contributed by atoms with Crippen LogP contribution in [0.4, 0.5) is 11.4 Å². The summed E-state index contributed by atoms with van der Waals surface area (Å²) in [7, 11) is 1.87. The molecule has 0 aliphatic carbocycles. The van der Waals surface area contributed by atoms with Crippen LogP contribution in [-0.2, 0) is 0 Å². The van der Waals surface area contributed by atoms with Crippen LogP contribution in [0.1, 0.15) is 12.8 Å². The lowest BCUT2D eigenvalue weighted by atomic mass is 10.3. The Labute approximate surface area is 173 Å². The highest BCUT2D eigenvalue weighted by atomic mass is 35.5. The number of nitro benzene ring substituents is 2. The number of ether oxygens (including phenoxy) is 2. The van der Waals surface area contributed by atoms with Gasteiger partial charge in [0.05, 0.1) is 35.2 Å². The van der Waals surface area contributed by atoms with Crippen LogP contribution in [0.15, 0.2) is 48.5 Å². The zero-order chi connectivity index (χ0) is 21.5. The molecular weight excluding hydrogens is 402 g/mol. The summed E-state index contributed by atoms with van der Waals surface area (Å²) in [6.07, 6.45) is 1.60. The fourth-order valence-electron chi connectivity index (χ4n) is 2.06. The predicted octanol–water partition coefficient (Wildman–Crippen LogP) is 4.19. The molecule has 0 heterocycles. The highest BCUT2D eigenvalue weighted by Gasteiger charge is 2.06. The van der Waals surface area contributed by atoms with E-state index in [-0.39, 0.29) is 11.4 Å². The average molecular weight is 426 g/mol. The number of nitrogens with zero attached hydrogens (tertiary/aromatic N) is 2. The van der Waals surface area contributed by atoms with Gasteiger partial charge in [-0.25, -0.2) is 0 Å². The minimum atomic E-state index is -0.450. The zero-order valence-electron chi connectivity index (χ0n) is 16.1. The van der Waals surface area contributed by atoms with Crippen LogP contribution in [-0.4, -0.2) is 42.5 Å². The van der Waals surface area contributed by atoms with Crippen molar-refractivity contribution < 1.29 is 19.3 Å². The van der Waals surface area contributed by atoms with E-state index < -0.39 is 9.85 Å². The maximum Gasteiger partial charge on any atom is 0.273 e. The number of nitro groups is 2. The van der Waals surface area contributed by atoms with Gasteiger partial charge in [-0.3, -0.25) is 20.2 Å². The van der Waals surface area contributed by atoms with Gasteiger partial charge in [0.2, 0.25) is 0 Å². The molecule has 29 heavy (non-hydrogen) atoms. The third kappa shape index (κ3) is 10.3. The molecule has 0 atom stereocenters. The maximum absolute atomic E-state index is 10.5. The molecule has 0 saturated carbocycles. The quantitative estimate of drug-likeness (QED) is 0.248. The minimum absolute atomic E-state index is 0.0355. The molecule has 2 aromatic rings. The third-order valence-electron chi connectivity index (χ3n) is 3.44. The maximum atomic E-state index is 10.5. The molecule has 0 fully saturated rings. The first-order chi connectivity index (χ1) is 14.0. The van der Waals surface area contributed by atoms with Crippen LogP contribution in [0.3, 0.4) is 0 Å². The van der Waals surface area contributed by atoms with Gasteiger partial charge >= 0.3 is 0 Å². The Morgan fingerprint density at radius 1 is 0.897 bits per heavy atom. The topological polar surface area (TPSA) is 117 Å². The van der Waals surface area contributed by atoms with Crippen LogP contribution in [0, 0.1) is 20.2 Å². The van der Waals surface area contributed by atoms with Crippen LogP contribution in [0.5, 0.6) is 11.5 Å². The molecule has 0 radical (unpaired) electrons. The van der Waals surface area contributed by atoms with Crippen molar-refractivity contribution in [3.63, 3.8) is 0 Å². The standard InChI is InChI=1S/C10H14N2O3.C9H10ClNO3/c1-11-6-3-7-15-10-5-2-4-9(8-10)12(13)14;10-5-2-6-14-9-4-1-3-8(7-9)11(12)13/h2,4-5,8,11H,3,6-7H2,1H3;1,3-4,7H,2,5-6H2. The van der Waals surface area contributed by atoms with Gasteiger partial charge in [0.1, 0.15) is 11.5 Å². The smallest absolute Gasteiger partial charge is 0.273 e. The minimum Gasteiger partial charge on any atom is -0.493 e. The van der Waals surface area contributed by atoms with E-state index in [0.29, 0.717) is 30.6 Å². The molecule has 0 amide bonds. The lowest BCUT2D eigenvalue weighted by Crippen LogP contribution is -2.11. The second-order valence-electron chi connectivity index (χ2n) is 5.71. The molecule has 9 nitrogen and oxygen atoms in total. The van der Waals surface area contributed by atoms with Crippen molar-refractivity contribution in [1.82, 2.24) is 5.32 Å². The van der Waals surface area contributed by atoms with Gasteiger partial charge in [-0.15, -0.1) is 11.6 Å². The molecule has 2 aromatic carbocycles. The van der Waals surface area contributed by atoms with E-state index in [1.54, 1.807) is 24.3 Å². The van der Waals surface area contributed by atoms with E-state index in [1.807, 2.05) is 7.05 Å². The first-order valence-electron chi connectivity index (χ1n) is 8.93. The molecule has 0 aliphatic heterocycles. The number of benzene rings is 2. The lowest BCUT2D eigenvalue weighted by molar-refractivity contribution is -0.385. The molecule has 0 aromatic heterocycles. The normalized spacial score (nSPS) is 9.86. The fraction of sp³-hybridized carbons (Fsp3) is 0.368. The number of nitrogens with one attached hydrogen (secondary N) is 1. The van der Waals surface area contributed by atoms with E-state index in [1.165, 1.54) is 24.3 Å². The Balaban J connectivity index is 0.000000291. The molecule has 0 bridgehead atoms. The van der Waals surface area contributed by atoms with Gasteiger partial charge in [-0.1, -0.05) is 12.1 Å². The van der Waals surface area contributed by atoms with Crippen molar-refractivity contribution in [2.45, 2.75) is 12.8 Å². The molecule has 0 saturated heterocycles. The summed E-state index contributed by atoms with van der Waals surface area (Å²) in [6, 6.07) is 12.3. The molecule has 158 valence electrons. The third-order valence-corrected chi connectivity index (χ3v) is 3.71. The molecule has 0 spiro atoms. The van der Waals surface area contributed by atoms with E-state index in [2.05, 4.69) is 5.32 Å². The molecule has 10 heteroatoms. The van der Waals surface area contributed by atoms with Crippen LogP contribution in [0.25, 0.3) is 0 Å². The summed E-state index contributed by atoms with van der Waals surface area (Å²) >= 11 is 5.46. The second-order valence-corrected chi connectivity index (χ2v) is 6.08. The Morgan fingerprint density at radius 3 is 1.79 bits per heavy atom. The van der Waals surface area contributed by atoms with Crippen molar-refractivity contribution >= 4 is 23.0 Å². The second kappa shape index (κ2) is 14.1. The van der Waals surface area contributed by atoms with Gasteiger partial charge in [0, 0.05) is 18.0 Å². The number of non-ortho nitro benzene ring substituents is 2. The number of alkyl halides is 1. The van der Waals surface area contributed by atoms with Gasteiger partial charge in [0.15, 0.2) is 0 Å². The number of rotatable bonds is 11. The Kier molecular flexibility index (Phi) is 11.8. The highest BCUT2D eigenvalue weighted by molar-refractivity contribution is 6.17. The molecule has 0 aliphatic rings. The number of hydrogen-bond acceptors (Lipinski definition) is 7. The molecule has 2 rings (SSSR count). The van der Waals surface area contributed by atoms with Crippen molar-refractivity contribution in [2.24, 2.45) is 0 Å². The molecular formula is C19H24ClN3O6. The van der Waals surface area contributed by atoms with Crippen molar-refractivity contribution in [3.05, 3.63) is 68.8 Å². The average Bonchev–Trinajstić information content (AvgIpc) is 2.72. The van der Waals surface area contributed by atoms with Gasteiger partial charge in [-0.2, -0.15) is 0 Å². The largest absolute Gasteiger partial charge is 0.493 e. The van der Waals surface area contributed by atoms with E-state index in [0.717, 1.165) is 19.4 Å². The van der Waals surface area contributed by atoms with Gasteiger partial charge in [-0.05, 0) is 38.6 Å². The lowest BCUT2D eigenvalue weighted by Gasteiger charge is -2.05. The molecule has 0 unspecified atom stereocenters. The Bertz CT molecular complexity index is 775. The molecule has 1 N–H and O–H groups in total. The van der Waals surface area contributed by atoms with Crippen molar-refractivity contribution in [3.8, 4) is 11.5 Å². The first kappa shape index (κ1) is 24.1. The summed E-state index contributed by atoms with van der Waals surface area (Å²) in [5.74, 6) is 1.57. The Hall–Kier alpha value is -2.91. The predicted molar refractivity (Wildman–Crippen MR) is 111 cm³/mol. The van der Waals surface area contributed by atoms with Gasteiger partial charge < -0.3 is 14.8 Å². The number of hydrogen-bond donors (Lipinski definition) is 1. The Morgan fingerprint density at radius 2 is 1.38 bits per heavy atom. The van der Waals surface area contributed by atoms with Crippen molar-refractivity contribution in [1.29, 1.82) is 0 Å². The van der Waals surface area contributed by atoms with Crippen LogP contribution >= 0.6 is 11.6 Å². The summed E-state index contributed by atoms with van der Waals surface area (Å²) in [5, 5.41) is 23.9. The van der Waals surface area contributed by atoms with E-state index in [4.69, 9.17) is 21.1 Å². The summed E-state index contributed by atoms with van der Waals surface area (Å²) in [4.78, 5) is 20.0. The van der Waals surface area contributed by atoms with Crippen LogP contribution < -0.4 is 14.8 Å². The highest BCUT2D eigenvalue weighted by Crippen LogP contribution is 2.19. The summed E-state index contributed by atoms with van der Waals surface area (Å²) in [6.45, 7) is 1.90. The SMILES string of the molecule is CNCCCOc1cccc([N+](=O)[O-])c1.O=[N+]([O-])c1cccc(OCCCCl)c1. The van der Waals surface area contributed by atoms with Crippen molar-refractivity contribution in [2.75, 3.05) is 32.7 Å². The first-order valence-corrected chi connectivity index (χ1v) is 9.46. The van der Waals surface area contributed by atoms with Crippen LogP contribution in [0.2, 0.25) is 0 Å². The fourth-order valence-corrected chi connectivity index (χ4v) is 2.17.